The summed E-state index contributed by atoms with van der Waals surface area (Å²) in [6.07, 6.45) is 0. The van der Waals surface area contributed by atoms with Crippen molar-refractivity contribution in [2.45, 2.75) is 13.0 Å². The van der Waals surface area contributed by atoms with Crippen LogP contribution in [0.1, 0.15) is 22.7 Å². The molecule has 1 heterocycles. The number of aliphatic hydroxyl groups is 1. The second-order valence-electron chi connectivity index (χ2n) is 7.64. The number of methoxy groups -OCH3 is 1. The van der Waals surface area contributed by atoms with Crippen molar-refractivity contribution in [2.75, 3.05) is 34.3 Å². The molecule has 1 saturated heterocycles. The maximum Gasteiger partial charge on any atom is 0.295 e. The van der Waals surface area contributed by atoms with E-state index in [-0.39, 0.29) is 34.0 Å². The number of hydrogen-bond acceptors (Lipinski definition) is 5. The van der Waals surface area contributed by atoms with Crippen molar-refractivity contribution < 1.29 is 23.8 Å². The molecule has 2 aromatic carbocycles. The van der Waals surface area contributed by atoms with E-state index in [4.69, 9.17) is 16.3 Å². The van der Waals surface area contributed by atoms with E-state index in [9.17, 15) is 19.1 Å². The van der Waals surface area contributed by atoms with Gasteiger partial charge in [0.2, 0.25) is 0 Å². The molecule has 8 heteroatoms. The van der Waals surface area contributed by atoms with Gasteiger partial charge in [-0.05, 0) is 44.8 Å². The molecule has 1 aliphatic rings. The van der Waals surface area contributed by atoms with E-state index in [0.29, 0.717) is 6.54 Å². The number of aryl methyl sites for hydroxylation is 1. The van der Waals surface area contributed by atoms with E-state index < -0.39 is 29.3 Å². The highest BCUT2D eigenvalue weighted by Gasteiger charge is 2.47. The molecular weight excluding hydrogens is 423 g/mol. The molecule has 6 nitrogen and oxygen atoms in total. The Bertz CT molecular complexity index is 1070. The third-order valence-electron chi connectivity index (χ3n) is 5.18. The fraction of sp³-hybridized carbons (Fsp3) is 0.304. The molecule has 0 saturated carbocycles. The van der Waals surface area contributed by atoms with E-state index in [1.807, 2.05) is 19.0 Å². The third kappa shape index (κ3) is 4.29. The van der Waals surface area contributed by atoms with Gasteiger partial charge in [-0.25, -0.2) is 4.39 Å². The van der Waals surface area contributed by atoms with Gasteiger partial charge in [0.25, 0.3) is 11.7 Å². The molecule has 164 valence electrons. The minimum atomic E-state index is -1.08. The normalized spacial score (nSPS) is 18.2. The molecular formula is C23H24ClFN2O4. The molecule has 1 fully saturated rings. The highest BCUT2D eigenvalue weighted by molar-refractivity contribution is 6.46. The number of amides is 1. The second kappa shape index (κ2) is 9.08. The number of likely N-dealkylation sites (tertiary alicyclic amines) is 1. The number of carbonyl (C=O) groups is 2. The molecule has 3 rings (SSSR count). The predicted molar refractivity (Wildman–Crippen MR) is 117 cm³/mol. The van der Waals surface area contributed by atoms with Crippen molar-refractivity contribution in [3.05, 3.63) is 69.5 Å². The lowest BCUT2D eigenvalue weighted by atomic mass is 9.94. The summed E-state index contributed by atoms with van der Waals surface area (Å²) in [4.78, 5) is 29.0. The molecule has 2 aromatic rings. The maximum atomic E-state index is 14.8. The van der Waals surface area contributed by atoms with E-state index in [0.717, 1.165) is 5.56 Å². The van der Waals surface area contributed by atoms with Crippen LogP contribution < -0.4 is 4.74 Å². The van der Waals surface area contributed by atoms with Gasteiger partial charge in [0, 0.05) is 18.7 Å². The monoisotopic (exact) mass is 446 g/mol. The average Bonchev–Trinajstić information content (AvgIpc) is 2.96. The number of rotatable bonds is 6. The van der Waals surface area contributed by atoms with Crippen LogP contribution in [0.4, 0.5) is 4.39 Å². The van der Waals surface area contributed by atoms with E-state index in [1.54, 1.807) is 25.1 Å². The lowest BCUT2D eigenvalue weighted by molar-refractivity contribution is -0.140. The van der Waals surface area contributed by atoms with Crippen LogP contribution in [0.15, 0.2) is 42.0 Å². The summed E-state index contributed by atoms with van der Waals surface area (Å²) < 4.78 is 20.1. The molecule has 1 aliphatic heterocycles. The summed E-state index contributed by atoms with van der Waals surface area (Å²) in [7, 11) is 5.04. The zero-order valence-electron chi connectivity index (χ0n) is 17.8. The molecule has 1 N–H and O–H groups in total. The Morgan fingerprint density at radius 3 is 2.55 bits per heavy atom. The Morgan fingerprint density at radius 1 is 1.26 bits per heavy atom. The Labute approximate surface area is 185 Å². The number of hydrogen-bond donors (Lipinski definition) is 1. The van der Waals surface area contributed by atoms with Gasteiger partial charge >= 0.3 is 0 Å². The van der Waals surface area contributed by atoms with Crippen molar-refractivity contribution in [3.8, 4) is 5.75 Å². The largest absolute Gasteiger partial charge is 0.507 e. The number of halogens is 2. The minimum Gasteiger partial charge on any atom is -0.507 e. The van der Waals surface area contributed by atoms with Gasteiger partial charge in [0.1, 0.15) is 17.3 Å². The Balaban J connectivity index is 2.27. The number of carbonyl (C=O) groups excluding carboxylic acids is 2. The van der Waals surface area contributed by atoms with Gasteiger partial charge in [0.15, 0.2) is 0 Å². The molecule has 1 amide bonds. The van der Waals surface area contributed by atoms with E-state index in [2.05, 4.69) is 0 Å². The summed E-state index contributed by atoms with van der Waals surface area (Å²) >= 11 is 6.26. The number of benzene rings is 2. The molecule has 0 aromatic heterocycles. The quantitative estimate of drug-likeness (QED) is 0.415. The van der Waals surface area contributed by atoms with Crippen molar-refractivity contribution >= 4 is 29.1 Å². The third-order valence-corrected chi connectivity index (χ3v) is 5.46. The van der Waals surface area contributed by atoms with Gasteiger partial charge in [0.05, 0.1) is 29.3 Å². The molecule has 0 radical (unpaired) electrons. The van der Waals surface area contributed by atoms with Gasteiger partial charge in [-0.1, -0.05) is 29.8 Å². The average molecular weight is 447 g/mol. The number of Topliss-reactive ketones (excluding diaryl/α,β-unsaturated/α-hetero) is 1. The fourth-order valence-electron chi connectivity index (χ4n) is 3.70. The first-order valence-corrected chi connectivity index (χ1v) is 10.1. The first-order valence-electron chi connectivity index (χ1n) is 9.69. The van der Waals surface area contributed by atoms with Crippen LogP contribution in [0.3, 0.4) is 0 Å². The van der Waals surface area contributed by atoms with E-state index in [1.165, 1.54) is 30.2 Å². The number of aliphatic hydroxyl groups excluding tert-OH is 1. The number of likely N-dealkylation sites (N-methyl/N-ethyl adjacent to an activating group) is 1. The molecule has 0 aliphatic carbocycles. The smallest absolute Gasteiger partial charge is 0.295 e. The summed E-state index contributed by atoms with van der Waals surface area (Å²) in [5.74, 6) is -2.55. The standard InChI is InChI=1S/C23H24ClFN2O4/c1-13-11-15(22(31-4)16(24)12-13)20(28)18-19(14-7-5-6-8-17(14)25)27(10-9-26(2)3)23(30)21(18)29/h5-8,11-12,19,28H,9-10H2,1-4H3/b20-18+. The molecule has 1 atom stereocenters. The predicted octanol–water partition coefficient (Wildman–Crippen LogP) is 3.78. The van der Waals surface area contributed by atoms with Crippen molar-refractivity contribution in [2.24, 2.45) is 0 Å². The Hall–Kier alpha value is -2.90. The SMILES string of the molecule is COc1c(Cl)cc(C)cc1/C(O)=C1\C(=O)C(=O)N(CCN(C)C)C1c1ccccc1F. The van der Waals surface area contributed by atoms with Crippen LogP contribution >= 0.6 is 11.6 Å². The van der Waals surface area contributed by atoms with Gasteiger partial charge in [-0.15, -0.1) is 0 Å². The Morgan fingerprint density at radius 2 is 1.94 bits per heavy atom. The molecule has 0 bridgehead atoms. The second-order valence-corrected chi connectivity index (χ2v) is 8.05. The molecule has 1 unspecified atom stereocenters. The van der Waals surface area contributed by atoms with Gasteiger partial charge in [-0.2, -0.15) is 0 Å². The highest BCUT2D eigenvalue weighted by atomic mass is 35.5. The van der Waals surface area contributed by atoms with Crippen LogP contribution in [-0.2, 0) is 9.59 Å². The summed E-state index contributed by atoms with van der Waals surface area (Å²) in [5.41, 5.74) is 0.810. The lowest BCUT2D eigenvalue weighted by Crippen LogP contribution is -2.35. The van der Waals surface area contributed by atoms with Crippen LogP contribution in [0.25, 0.3) is 5.76 Å². The fourth-order valence-corrected chi connectivity index (χ4v) is 4.05. The van der Waals surface area contributed by atoms with Crippen molar-refractivity contribution in [1.82, 2.24) is 9.80 Å². The van der Waals surface area contributed by atoms with Gasteiger partial charge in [-0.3, -0.25) is 9.59 Å². The van der Waals surface area contributed by atoms with Crippen LogP contribution in [-0.4, -0.2) is 60.9 Å². The maximum absolute atomic E-state index is 14.8. The van der Waals surface area contributed by atoms with Crippen molar-refractivity contribution in [1.29, 1.82) is 0 Å². The minimum absolute atomic E-state index is 0.125. The zero-order chi connectivity index (χ0) is 22.9. The Kier molecular flexibility index (Phi) is 6.67. The highest BCUT2D eigenvalue weighted by Crippen LogP contribution is 2.43. The first kappa shape index (κ1) is 22.8. The summed E-state index contributed by atoms with van der Waals surface area (Å²) in [5, 5.41) is 11.4. The number of ether oxygens (including phenoxy) is 1. The molecule has 31 heavy (non-hydrogen) atoms. The number of nitrogens with zero attached hydrogens (tertiary/aromatic N) is 2. The van der Waals surface area contributed by atoms with Crippen LogP contribution in [0.2, 0.25) is 5.02 Å². The first-order chi connectivity index (χ1) is 14.7. The van der Waals surface area contributed by atoms with E-state index >= 15 is 0 Å². The number of ketones is 1. The molecule has 0 spiro atoms. The zero-order valence-corrected chi connectivity index (χ0v) is 18.5. The van der Waals surface area contributed by atoms with Crippen molar-refractivity contribution in [3.63, 3.8) is 0 Å². The van der Waals surface area contributed by atoms with Gasteiger partial charge < -0.3 is 19.6 Å². The topological polar surface area (TPSA) is 70.1 Å². The summed E-state index contributed by atoms with van der Waals surface area (Å²) in [6.45, 7) is 2.41. The van der Waals surface area contributed by atoms with Crippen LogP contribution in [0.5, 0.6) is 5.75 Å². The van der Waals surface area contributed by atoms with Crippen LogP contribution in [0, 0.1) is 12.7 Å². The summed E-state index contributed by atoms with van der Waals surface area (Å²) in [6, 6.07) is 8.08. The lowest BCUT2D eigenvalue weighted by Gasteiger charge is -2.27.